The first kappa shape index (κ1) is 14.9. The van der Waals surface area contributed by atoms with Crippen molar-refractivity contribution in [2.75, 3.05) is 39.9 Å². The lowest BCUT2D eigenvalue weighted by atomic mass is 9.80. The molecule has 1 N–H and O–H groups in total. The molecule has 1 heterocycles. The van der Waals surface area contributed by atoms with E-state index in [1.807, 2.05) is 0 Å². The number of nitrogens with one attached hydrogen (secondary N) is 1. The van der Waals surface area contributed by atoms with Gasteiger partial charge in [0.05, 0.1) is 6.61 Å². The highest BCUT2D eigenvalue weighted by Crippen LogP contribution is 2.33. The summed E-state index contributed by atoms with van der Waals surface area (Å²) in [4.78, 5) is 2.59. The van der Waals surface area contributed by atoms with E-state index in [4.69, 9.17) is 4.74 Å². The van der Waals surface area contributed by atoms with E-state index in [0.29, 0.717) is 11.5 Å². The Morgan fingerprint density at radius 3 is 2.59 bits per heavy atom. The molecule has 17 heavy (non-hydrogen) atoms. The van der Waals surface area contributed by atoms with Crippen LogP contribution in [0.2, 0.25) is 0 Å². The molecule has 3 nitrogen and oxygen atoms in total. The number of methoxy groups -OCH3 is 1. The highest BCUT2D eigenvalue weighted by atomic mass is 16.5. The highest BCUT2D eigenvalue weighted by molar-refractivity contribution is 4.85. The van der Waals surface area contributed by atoms with Crippen molar-refractivity contribution in [3.8, 4) is 0 Å². The van der Waals surface area contributed by atoms with E-state index in [1.54, 1.807) is 7.11 Å². The van der Waals surface area contributed by atoms with Gasteiger partial charge in [-0.05, 0) is 30.8 Å². The van der Waals surface area contributed by atoms with Crippen LogP contribution in [0.3, 0.4) is 0 Å². The standard InChI is InChI=1S/C14H30N2O/c1-6-15-13(11-17-5)10-16-8-7-12(9-16)14(2,3)4/h12-13,15H,6-11H2,1-5H3. The molecule has 3 heteroatoms. The van der Waals surface area contributed by atoms with Crippen molar-refractivity contribution in [2.45, 2.75) is 40.2 Å². The van der Waals surface area contributed by atoms with Crippen LogP contribution in [0, 0.1) is 11.3 Å². The quantitative estimate of drug-likeness (QED) is 0.771. The van der Waals surface area contributed by atoms with Crippen LogP contribution in [-0.2, 0) is 4.74 Å². The minimum Gasteiger partial charge on any atom is -0.383 e. The predicted molar refractivity (Wildman–Crippen MR) is 73.3 cm³/mol. The van der Waals surface area contributed by atoms with Gasteiger partial charge in [-0.25, -0.2) is 0 Å². The zero-order valence-electron chi connectivity index (χ0n) is 12.3. The van der Waals surface area contributed by atoms with Gasteiger partial charge in [-0.2, -0.15) is 0 Å². The Morgan fingerprint density at radius 1 is 1.41 bits per heavy atom. The maximum absolute atomic E-state index is 5.27. The van der Waals surface area contributed by atoms with E-state index in [-0.39, 0.29) is 0 Å². The van der Waals surface area contributed by atoms with Crippen LogP contribution in [0.25, 0.3) is 0 Å². The molecule has 102 valence electrons. The Hall–Kier alpha value is -0.120. The molecule has 0 spiro atoms. The molecular formula is C14H30N2O. The topological polar surface area (TPSA) is 24.5 Å². The van der Waals surface area contributed by atoms with Crippen LogP contribution in [0.15, 0.2) is 0 Å². The molecule has 0 aromatic rings. The van der Waals surface area contributed by atoms with Crippen LogP contribution in [-0.4, -0.2) is 50.8 Å². The number of nitrogens with zero attached hydrogens (tertiary/aromatic N) is 1. The molecule has 0 amide bonds. The Labute approximate surface area is 107 Å². The van der Waals surface area contributed by atoms with Gasteiger partial charge in [0.2, 0.25) is 0 Å². The minimum atomic E-state index is 0.448. The van der Waals surface area contributed by atoms with E-state index >= 15 is 0 Å². The van der Waals surface area contributed by atoms with Gasteiger partial charge in [-0.1, -0.05) is 27.7 Å². The van der Waals surface area contributed by atoms with E-state index in [9.17, 15) is 0 Å². The normalized spacial score (nSPS) is 24.2. The smallest absolute Gasteiger partial charge is 0.0628 e. The lowest BCUT2D eigenvalue weighted by Crippen LogP contribution is -2.43. The molecule has 0 radical (unpaired) electrons. The number of hydrogen-bond acceptors (Lipinski definition) is 3. The number of ether oxygens (including phenoxy) is 1. The van der Waals surface area contributed by atoms with Gasteiger partial charge in [0.15, 0.2) is 0 Å². The lowest BCUT2D eigenvalue weighted by Gasteiger charge is -2.28. The summed E-state index contributed by atoms with van der Waals surface area (Å²) in [6.45, 7) is 14.7. The van der Waals surface area contributed by atoms with Crippen LogP contribution in [0.1, 0.15) is 34.1 Å². The van der Waals surface area contributed by atoms with Crippen molar-refractivity contribution in [1.82, 2.24) is 10.2 Å². The fourth-order valence-corrected chi connectivity index (χ4v) is 2.68. The predicted octanol–water partition coefficient (Wildman–Crippen LogP) is 1.98. The van der Waals surface area contributed by atoms with Gasteiger partial charge < -0.3 is 15.0 Å². The molecular weight excluding hydrogens is 212 g/mol. The second kappa shape index (κ2) is 6.72. The zero-order chi connectivity index (χ0) is 12.9. The number of hydrogen-bond donors (Lipinski definition) is 1. The van der Waals surface area contributed by atoms with E-state index < -0.39 is 0 Å². The van der Waals surface area contributed by atoms with Crippen molar-refractivity contribution in [1.29, 1.82) is 0 Å². The fourth-order valence-electron chi connectivity index (χ4n) is 2.68. The van der Waals surface area contributed by atoms with E-state index in [1.165, 1.54) is 19.5 Å². The Balaban J connectivity index is 2.37. The molecule has 0 aliphatic carbocycles. The summed E-state index contributed by atoms with van der Waals surface area (Å²) in [6, 6.07) is 0.476. The summed E-state index contributed by atoms with van der Waals surface area (Å²) in [7, 11) is 1.78. The monoisotopic (exact) mass is 242 g/mol. The Bertz CT molecular complexity index is 207. The summed E-state index contributed by atoms with van der Waals surface area (Å²) in [5, 5.41) is 3.50. The van der Waals surface area contributed by atoms with E-state index in [0.717, 1.165) is 25.6 Å². The maximum atomic E-state index is 5.27. The second-order valence-corrected chi connectivity index (χ2v) is 6.32. The third-order valence-electron chi connectivity index (χ3n) is 3.84. The largest absolute Gasteiger partial charge is 0.383 e. The molecule has 1 aliphatic heterocycles. The van der Waals surface area contributed by atoms with Gasteiger partial charge in [-0.15, -0.1) is 0 Å². The molecule has 2 atom stereocenters. The molecule has 0 aromatic carbocycles. The van der Waals surface area contributed by atoms with Crippen LogP contribution < -0.4 is 5.32 Å². The average molecular weight is 242 g/mol. The summed E-state index contributed by atoms with van der Waals surface area (Å²) in [6.07, 6.45) is 1.34. The van der Waals surface area contributed by atoms with Crippen molar-refractivity contribution < 1.29 is 4.74 Å². The van der Waals surface area contributed by atoms with Crippen molar-refractivity contribution in [3.05, 3.63) is 0 Å². The zero-order valence-corrected chi connectivity index (χ0v) is 12.3. The van der Waals surface area contributed by atoms with Crippen LogP contribution in [0.4, 0.5) is 0 Å². The minimum absolute atomic E-state index is 0.448. The molecule has 2 unspecified atom stereocenters. The van der Waals surface area contributed by atoms with Crippen molar-refractivity contribution in [3.63, 3.8) is 0 Å². The van der Waals surface area contributed by atoms with Crippen molar-refractivity contribution in [2.24, 2.45) is 11.3 Å². The van der Waals surface area contributed by atoms with Gasteiger partial charge in [0.1, 0.15) is 0 Å². The SMILES string of the molecule is CCNC(COC)CN1CCC(C(C)(C)C)C1. The fraction of sp³-hybridized carbons (Fsp3) is 1.00. The third kappa shape index (κ3) is 4.94. The molecule has 0 aromatic heterocycles. The summed E-state index contributed by atoms with van der Waals surface area (Å²) < 4.78 is 5.27. The van der Waals surface area contributed by atoms with Crippen LogP contribution >= 0.6 is 0 Å². The molecule has 0 bridgehead atoms. The molecule has 0 saturated carbocycles. The number of likely N-dealkylation sites (tertiary alicyclic amines) is 1. The summed E-state index contributed by atoms with van der Waals surface area (Å²) >= 11 is 0. The maximum Gasteiger partial charge on any atom is 0.0628 e. The Morgan fingerprint density at radius 2 is 2.12 bits per heavy atom. The summed E-state index contributed by atoms with van der Waals surface area (Å²) in [5.41, 5.74) is 0.448. The number of likely N-dealkylation sites (N-methyl/N-ethyl adjacent to an activating group) is 1. The third-order valence-corrected chi connectivity index (χ3v) is 3.84. The van der Waals surface area contributed by atoms with Gasteiger partial charge in [0, 0.05) is 26.2 Å². The van der Waals surface area contributed by atoms with Gasteiger partial charge in [0.25, 0.3) is 0 Å². The highest BCUT2D eigenvalue weighted by Gasteiger charge is 2.32. The summed E-state index contributed by atoms with van der Waals surface area (Å²) in [5.74, 6) is 0.840. The van der Waals surface area contributed by atoms with Gasteiger partial charge >= 0.3 is 0 Å². The average Bonchev–Trinajstić information content (AvgIpc) is 2.66. The number of rotatable bonds is 6. The first-order chi connectivity index (χ1) is 7.97. The lowest BCUT2D eigenvalue weighted by molar-refractivity contribution is 0.141. The van der Waals surface area contributed by atoms with Gasteiger partial charge in [-0.3, -0.25) is 0 Å². The van der Waals surface area contributed by atoms with Crippen molar-refractivity contribution >= 4 is 0 Å². The first-order valence-electron chi connectivity index (χ1n) is 6.92. The molecule has 1 aliphatic rings. The Kier molecular flexibility index (Phi) is 5.90. The molecule has 1 saturated heterocycles. The van der Waals surface area contributed by atoms with Crippen LogP contribution in [0.5, 0.6) is 0 Å². The van der Waals surface area contributed by atoms with E-state index in [2.05, 4.69) is 37.9 Å². The molecule has 1 rings (SSSR count). The first-order valence-corrected chi connectivity index (χ1v) is 6.92. The molecule has 1 fully saturated rings. The second-order valence-electron chi connectivity index (χ2n) is 6.32.